The summed E-state index contributed by atoms with van der Waals surface area (Å²) in [4.78, 5) is 12.2. The van der Waals surface area contributed by atoms with Crippen LogP contribution in [0.3, 0.4) is 0 Å². The molecule has 0 saturated carbocycles. The average Bonchev–Trinajstić information content (AvgIpc) is 2.60. The number of carbonyl (C=O) groups excluding carboxylic acids is 1. The summed E-state index contributed by atoms with van der Waals surface area (Å²) >= 11 is 0. The molecule has 0 bridgehead atoms. The van der Waals surface area contributed by atoms with Gasteiger partial charge in [-0.3, -0.25) is 4.79 Å². The topological polar surface area (TPSA) is 38.3 Å². The smallest absolute Gasteiger partial charge is 0.220 e. The van der Waals surface area contributed by atoms with Crippen molar-refractivity contribution in [2.24, 2.45) is 0 Å². The van der Waals surface area contributed by atoms with Crippen molar-refractivity contribution in [2.75, 3.05) is 7.11 Å². The molecule has 23 heavy (non-hydrogen) atoms. The molecule has 0 unspecified atom stereocenters. The van der Waals surface area contributed by atoms with E-state index >= 15 is 0 Å². The van der Waals surface area contributed by atoms with Gasteiger partial charge in [-0.1, -0.05) is 49.4 Å². The molecule has 0 spiro atoms. The van der Waals surface area contributed by atoms with Gasteiger partial charge in [0.1, 0.15) is 5.75 Å². The number of aryl methyl sites for hydroxylation is 2. The van der Waals surface area contributed by atoms with Crippen LogP contribution in [-0.2, 0) is 17.6 Å². The molecule has 0 aliphatic carbocycles. The fourth-order valence-electron chi connectivity index (χ4n) is 2.62. The van der Waals surface area contributed by atoms with Crippen LogP contribution in [0.4, 0.5) is 0 Å². The van der Waals surface area contributed by atoms with Crippen LogP contribution < -0.4 is 10.1 Å². The highest BCUT2D eigenvalue weighted by Gasteiger charge is 2.13. The van der Waals surface area contributed by atoms with Gasteiger partial charge < -0.3 is 10.1 Å². The van der Waals surface area contributed by atoms with E-state index in [1.54, 1.807) is 7.11 Å². The summed E-state index contributed by atoms with van der Waals surface area (Å²) in [7, 11) is 1.65. The van der Waals surface area contributed by atoms with Crippen LogP contribution >= 0.6 is 0 Å². The van der Waals surface area contributed by atoms with Crippen molar-refractivity contribution in [2.45, 2.75) is 39.2 Å². The third-order valence-corrected chi connectivity index (χ3v) is 4.05. The van der Waals surface area contributed by atoms with Crippen molar-refractivity contribution >= 4 is 5.91 Å². The monoisotopic (exact) mass is 311 g/mol. The molecule has 0 heterocycles. The fourth-order valence-corrected chi connectivity index (χ4v) is 2.62. The normalized spacial score (nSPS) is 11.8. The maximum absolute atomic E-state index is 12.2. The van der Waals surface area contributed by atoms with Gasteiger partial charge in [-0.05, 0) is 37.0 Å². The Bertz CT molecular complexity index is 634. The minimum atomic E-state index is -0.0684. The molecule has 0 aliphatic heterocycles. The Kier molecular flexibility index (Phi) is 6.21. The van der Waals surface area contributed by atoms with Crippen molar-refractivity contribution in [3.05, 3.63) is 65.2 Å². The Morgan fingerprint density at radius 1 is 1.09 bits per heavy atom. The van der Waals surface area contributed by atoms with Crippen LogP contribution in [0, 0.1) is 0 Å². The van der Waals surface area contributed by atoms with Gasteiger partial charge in [0, 0.05) is 12.0 Å². The summed E-state index contributed by atoms with van der Waals surface area (Å²) in [5.41, 5.74) is 3.51. The lowest BCUT2D eigenvalue weighted by atomic mass is 10.0. The SMILES string of the molecule is CCc1ccc(CCC(=O)N[C@@H](C)c2ccccc2OC)cc1. The van der Waals surface area contributed by atoms with Crippen LogP contribution in [0.25, 0.3) is 0 Å². The number of benzene rings is 2. The molecule has 1 amide bonds. The minimum Gasteiger partial charge on any atom is -0.496 e. The lowest BCUT2D eigenvalue weighted by Gasteiger charge is -2.17. The summed E-state index contributed by atoms with van der Waals surface area (Å²) in [6, 6.07) is 16.2. The molecule has 3 nitrogen and oxygen atoms in total. The summed E-state index contributed by atoms with van der Waals surface area (Å²) in [5, 5.41) is 3.04. The Hall–Kier alpha value is -2.29. The Morgan fingerprint density at radius 3 is 2.39 bits per heavy atom. The second-order valence-electron chi connectivity index (χ2n) is 5.70. The van der Waals surface area contributed by atoms with Crippen molar-refractivity contribution in [3.63, 3.8) is 0 Å². The van der Waals surface area contributed by atoms with Gasteiger partial charge in [0.2, 0.25) is 5.91 Å². The Balaban J connectivity index is 1.88. The minimum absolute atomic E-state index is 0.0583. The number of amides is 1. The lowest BCUT2D eigenvalue weighted by Crippen LogP contribution is -2.27. The number of hydrogen-bond donors (Lipinski definition) is 1. The molecule has 2 rings (SSSR count). The zero-order valence-electron chi connectivity index (χ0n) is 14.1. The summed E-state index contributed by atoms with van der Waals surface area (Å²) in [5.74, 6) is 0.860. The highest BCUT2D eigenvalue weighted by molar-refractivity contribution is 5.76. The summed E-state index contributed by atoms with van der Waals surface area (Å²) in [6.45, 7) is 4.12. The van der Waals surface area contributed by atoms with Crippen molar-refractivity contribution in [1.82, 2.24) is 5.32 Å². The highest BCUT2D eigenvalue weighted by atomic mass is 16.5. The number of hydrogen-bond acceptors (Lipinski definition) is 2. The van der Waals surface area contributed by atoms with Crippen molar-refractivity contribution in [3.8, 4) is 5.75 Å². The molecule has 0 fully saturated rings. The van der Waals surface area contributed by atoms with E-state index in [1.807, 2.05) is 31.2 Å². The molecule has 0 aliphatic rings. The number of methoxy groups -OCH3 is 1. The molecule has 1 atom stereocenters. The van der Waals surface area contributed by atoms with Crippen LogP contribution in [0.2, 0.25) is 0 Å². The second kappa shape index (κ2) is 8.37. The third-order valence-electron chi connectivity index (χ3n) is 4.05. The summed E-state index contributed by atoms with van der Waals surface area (Å²) < 4.78 is 5.35. The van der Waals surface area contributed by atoms with Crippen LogP contribution in [0.15, 0.2) is 48.5 Å². The molecule has 0 aromatic heterocycles. The number of carbonyl (C=O) groups is 1. The molecule has 2 aromatic rings. The van der Waals surface area contributed by atoms with Gasteiger partial charge in [-0.15, -0.1) is 0 Å². The van der Waals surface area contributed by atoms with Crippen LogP contribution in [0.1, 0.15) is 43.0 Å². The largest absolute Gasteiger partial charge is 0.496 e. The van der Waals surface area contributed by atoms with Crippen LogP contribution in [-0.4, -0.2) is 13.0 Å². The van der Waals surface area contributed by atoms with E-state index in [1.165, 1.54) is 11.1 Å². The first kappa shape index (κ1) is 17.1. The molecule has 122 valence electrons. The molecule has 2 aromatic carbocycles. The highest BCUT2D eigenvalue weighted by Crippen LogP contribution is 2.24. The first-order valence-electron chi connectivity index (χ1n) is 8.14. The number of rotatable bonds is 7. The van der Waals surface area contributed by atoms with E-state index in [0.29, 0.717) is 6.42 Å². The first-order valence-corrected chi connectivity index (χ1v) is 8.14. The Morgan fingerprint density at radius 2 is 1.74 bits per heavy atom. The number of ether oxygens (including phenoxy) is 1. The third kappa shape index (κ3) is 4.85. The van der Waals surface area contributed by atoms with E-state index < -0.39 is 0 Å². The molecule has 0 saturated heterocycles. The predicted octanol–water partition coefficient (Wildman–Crippen LogP) is 4.07. The molecular formula is C20H25NO2. The molecule has 3 heteroatoms. The van der Waals surface area contributed by atoms with E-state index in [4.69, 9.17) is 4.74 Å². The van der Waals surface area contributed by atoms with E-state index in [9.17, 15) is 4.79 Å². The van der Waals surface area contributed by atoms with E-state index in [0.717, 1.165) is 24.2 Å². The maximum atomic E-state index is 12.2. The van der Waals surface area contributed by atoms with Gasteiger partial charge >= 0.3 is 0 Å². The zero-order chi connectivity index (χ0) is 16.7. The number of para-hydroxylation sites is 1. The predicted molar refractivity (Wildman–Crippen MR) is 93.7 cm³/mol. The van der Waals surface area contributed by atoms with Crippen molar-refractivity contribution < 1.29 is 9.53 Å². The van der Waals surface area contributed by atoms with Gasteiger partial charge in [0.05, 0.1) is 13.2 Å². The van der Waals surface area contributed by atoms with E-state index in [-0.39, 0.29) is 11.9 Å². The van der Waals surface area contributed by atoms with Gasteiger partial charge in [-0.2, -0.15) is 0 Å². The van der Waals surface area contributed by atoms with Crippen LogP contribution in [0.5, 0.6) is 5.75 Å². The first-order chi connectivity index (χ1) is 11.1. The molecular weight excluding hydrogens is 286 g/mol. The summed E-state index contributed by atoms with van der Waals surface area (Å²) in [6.07, 6.45) is 2.29. The average molecular weight is 311 g/mol. The fraction of sp³-hybridized carbons (Fsp3) is 0.350. The van der Waals surface area contributed by atoms with Gasteiger partial charge in [0.25, 0.3) is 0 Å². The second-order valence-corrected chi connectivity index (χ2v) is 5.70. The van der Waals surface area contributed by atoms with Gasteiger partial charge in [0.15, 0.2) is 0 Å². The Labute approximate surface area is 138 Å². The van der Waals surface area contributed by atoms with Gasteiger partial charge in [-0.25, -0.2) is 0 Å². The quantitative estimate of drug-likeness (QED) is 0.837. The molecule has 1 N–H and O–H groups in total. The zero-order valence-corrected chi connectivity index (χ0v) is 14.1. The maximum Gasteiger partial charge on any atom is 0.220 e. The number of nitrogens with one attached hydrogen (secondary N) is 1. The molecule has 0 radical (unpaired) electrons. The van der Waals surface area contributed by atoms with Crippen molar-refractivity contribution in [1.29, 1.82) is 0 Å². The lowest BCUT2D eigenvalue weighted by molar-refractivity contribution is -0.121. The standard InChI is InChI=1S/C20H25NO2/c1-4-16-9-11-17(12-10-16)13-14-20(22)21-15(2)18-7-5-6-8-19(18)23-3/h5-12,15H,4,13-14H2,1-3H3,(H,21,22)/t15-/m0/s1. The van der Waals surface area contributed by atoms with E-state index in [2.05, 4.69) is 36.5 Å².